The van der Waals surface area contributed by atoms with Crippen molar-refractivity contribution in [2.24, 2.45) is 7.05 Å². The van der Waals surface area contributed by atoms with Crippen molar-refractivity contribution in [2.75, 3.05) is 0 Å². The van der Waals surface area contributed by atoms with Gasteiger partial charge in [0.05, 0.1) is 5.69 Å². The van der Waals surface area contributed by atoms with Gasteiger partial charge in [0.15, 0.2) is 6.10 Å². The van der Waals surface area contributed by atoms with Crippen LogP contribution in [-0.4, -0.2) is 28.0 Å². The molecule has 0 aliphatic heterocycles. The zero-order chi connectivity index (χ0) is 12.5. The van der Waals surface area contributed by atoms with Crippen LogP contribution in [0.2, 0.25) is 0 Å². The zero-order valence-electron chi connectivity index (χ0n) is 9.00. The SMILES string of the molecule is Cc1nn(C)cc1C(=O)O[C@H](C)C(F)(F)F. The molecule has 0 bridgehead atoms. The third-order valence-electron chi connectivity index (χ3n) is 1.98. The number of nitrogens with zero attached hydrogens (tertiary/aromatic N) is 2. The summed E-state index contributed by atoms with van der Waals surface area (Å²) in [5.74, 6) is -1.02. The molecule has 0 saturated heterocycles. The second-order valence-electron chi connectivity index (χ2n) is 3.39. The van der Waals surface area contributed by atoms with Crippen molar-refractivity contribution in [1.29, 1.82) is 0 Å². The number of hydrogen-bond donors (Lipinski definition) is 0. The Bertz CT molecular complexity index is 398. The lowest BCUT2D eigenvalue weighted by Gasteiger charge is -2.15. The Kier molecular flexibility index (Phi) is 3.25. The van der Waals surface area contributed by atoms with E-state index in [1.54, 1.807) is 7.05 Å². The normalized spacial score (nSPS) is 13.6. The third-order valence-corrected chi connectivity index (χ3v) is 1.98. The van der Waals surface area contributed by atoms with Crippen LogP contribution in [0.3, 0.4) is 0 Å². The van der Waals surface area contributed by atoms with Crippen molar-refractivity contribution in [2.45, 2.75) is 26.1 Å². The molecule has 0 aromatic carbocycles. The number of halogens is 3. The summed E-state index contributed by atoms with van der Waals surface area (Å²) >= 11 is 0. The van der Waals surface area contributed by atoms with Crippen LogP contribution in [0.25, 0.3) is 0 Å². The molecule has 0 N–H and O–H groups in total. The van der Waals surface area contributed by atoms with E-state index in [4.69, 9.17) is 0 Å². The van der Waals surface area contributed by atoms with Gasteiger partial charge in [0, 0.05) is 13.2 Å². The Labute approximate surface area is 90.0 Å². The minimum absolute atomic E-state index is 0.0404. The van der Waals surface area contributed by atoms with Crippen LogP contribution in [-0.2, 0) is 11.8 Å². The second-order valence-corrected chi connectivity index (χ2v) is 3.39. The van der Waals surface area contributed by atoms with E-state index < -0.39 is 18.2 Å². The maximum atomic E-state index is 12.1. The van der Waals surface area contributed by atoms with Crippen molar-refractivity contribution < 1.29 is 22.7 Å². The fourth-order valence-electron chi connectivity index (χ4n) is 1.09. The van der Waals surface area contributed by atoms with Gasteiger partial charge in [-0.05, 0) is 13.8 Å². The molecule has 1 aromatic rings. The molecule has 0 spiro atoms. The van der Waals surface area contributed by atoms with Gasteiger partial charge in [-0.1, -0.05) is 0 Å². The minimum atomic E-state index is -4.55. The van der Waals surface area contributed by atoms with E-state index in [0.29, 0.717) is 5.69 Å². The highest BCUT2D eigenvalue weighted by Gasteiger charge is 2.39. The molecular formula is C9H11F3N2O2. The van der Waals surface area contributed by atoms with Crippen molar-refractivity contribution >= 4 is 5.97 Å². The molecule has 90 valence electrons. The second kappa shape index (κ2) is 4.15. The largest absolute Gasteiger partial charge is 0.449 e. The Morgan fingerprint density at radius 3 is 2.50 bits per heavy atom. The lowest BCUT2D eigenvalue weighted by atomic mass is 10.2. The van der Waals surface area contributed by atoms with Crippen molar-refractivity contribution in [3.05, 3.63) is 17.5 Å². The van der Waals surface area contributed by atoms with E-state index in [9.17, 15) is 18.0 Å². The average molecular weight is 236 g/mol. The highest BCUT2D eigenvalue weighted by molar-refractivity contribution is 5.90. The summed E-state index contributed by atoms with van der Waals surface area (Å²) in [6.07, 6.45) is -5.35. The first kappa shape index (κ1) is 12.5. The molecule has 1 aromatic heterocycles. The van der Waals surface area contributed by atoms with Crippen LogP contribution < -0.4 is 0 Å². The summed E-state index contributed by atoms with van der Waals surface area (Å²) in [5, 5.41) is 3.84. The van der Waals surface area contributed by atoms with E-state index in [-0.39, 0.29) is 5.56 Å². The smallest absolute Gasteiger partial charge is 0.425 e. The molecule has 1 atom stereocenters. The average Bonchev–Trinajstić information content (AvgIpc) is 2.43. The predicted molar refractivity (Wildman–Crippen MR) is 48.9 cm³/mol. The molecule has 0 fully saturated rings. The number of rotatable bonds is 2. The minimum Gasteiger partial charge on any atom is -0.449 e. The standard InChI is InChI=1S/C9H11F3N2O2/c1-5-7(4-14(3)13-5)8(15)16-6(2)9(10,11)12/h4,6H,1-3H3/t6-/m1/s1. The van der Waals surface area contributed by atoms with E-state index in [0.717, 1.165) is 6.92 Å². The summed E-state index contributed by atoms with van der Waals surface area (Å²) < 4.78 is 42.0. The van der Waals surface area contributed by atoms with Crippen LogP contribution in [0.5, 0.6) is 0 Å². The molecule has 0 unspecified atom stereocenters. The summed E-state index contributed by atoms with van der Waals surface area (Å²) in [6.45, 7) is 2.30. The highest BCUT2D eigenvalue weighted by Crippen LogP contribution is 2.23. The molecular weight excluding hydrogens is 225 g/mol. The quantitative estimate of drug-likeness (QED) is 0.736. The van der Waals surface area contributed by atoms with Crippen LogP contribution in [0.1, 0.15) is 23.0 Å². The number of carbonyl (C=O) groups excluding carboxylic acids is 1. The van der Waals surface area contributed by atoms with Crippen LogP contribution in [0, 0.1) is 6.92 Å². The Morgan fingerprint density at radius 1 is 1.56 bits per heavy atom. The number of carbonyl (C=O) groups is 1. The van der Waals surface area contributed by atoms with Crippen LogP contribution >= 0.6 is 0 Å². The first-order valence-electron chi connectivity index (χ1n) is 4.49. The van der Waals surface area contributed by atoms with E-state index >= 15 is 0 Å². The number of aryl methyl sites for hydroxylation is 2. The molecule has 1 heterocycles. The van der Waals surface area contributed by atoms with E-state index in [2.05, 4.69) is 9.84 Å². The molecule has 0 radical (unpaired) electrons. The maximum absolute atomic E-state index is 12.1. The van der Waals surface area contributed by atoms with Gasteiger partial charge < -0.3 is 4.74 Å². The van der Waals surface area contributed by atoms with Gasteiger partial charge in [-0.25, -0.2) is 4.79 Å². The van der Waals surface area contributed by atoms with E-state index in [1.807, 2.05) is 0 Å². The number of esters is 1. The molecule has 0 aliphatic rings. The summed E-state index contributed by atoms with van der Waals surface area (Å²) in [7, 11) is 1.57. The van der Waals surface area contributed by atoms with Crippen molar-refractivity contribution in [3.63, 3.8) is 0 Å². The summed E-state index contributed by atoms with van der Waals surface area (Å²) in [4.78, 5) is 11.4. The topological polar surface area (TPSA) is 44.1 Å². The molecule has 7 heteroatoms. The van der Waals surface area contributed by atoms with Crippen LogP contribution in [0.4, 0.5) is 13.2 Å². The van der Waals surface area contributed by atoms with Gasteiger partial charge in [-0.15, -0.1) is 0 Å². The third kappa shape index (κ3) is 2.74. The molecule has 0 aliphatic carbocycles. The fraction of sp³-hybridized carbons (Fsp3) is 0.556. The van der Waals surface area contributed by atoms with Gasteiger partial charge >= 0.3 is 12.1 Å². The lowest BCUT2D eigenvalue weighted by Crippen LogP contribution is -2.31. The first-order valence-corrected chi connectivity index (χ1v) is 4.49. The van der Waals surface area contributed by atoms with Gasteiger partial charge in [0.25, 0.3) is 0 Å². The highest BCUT2D eigenvalue weighted by atomic mass is 19.4. The van der Waals surface area contributed by atoms with E-state index in [1.165, 1.54) is 17.8 Å². The fourth-order valence-corrected chi connectivity index (χ4v) is 1.09. The number of hydrogen-bond acceptors (Lipinski definition) is 3. The molecule has 0 saturated carbocycles. The molecule has 0 amide bonds. The van der Waals surface area contributed by atoms with Gasteiger partial charge in [-0.3, -0.25) is 4.68 Å². The number of alkyl halides is 3. The maximum Gasteiger partial charge on any atom is 0.425 e. The lowest BCUT2D eigenvalue weighted by molar-refractivity contribution is -0.198. The monoisotopic (exact) mass is 236 g/mol. The molecule has 16 heavy (non-hydrogen) atoms. The molecule has 4 nitrogen and oxygen atoms in total. The van der Waals surface area contributed by atoms with Gasteiger partial charge in [0.1, 0.15) is 5.56 Å². The Morgan fingerprint density at radius 2 is 2.12 bits per heavy atom. The van der Waals surface area contributed by atoms with Crippen molar-refractivity contribution in [1.82, 2.24) is 9.78 Å². The first-order chi connectivity index (χ1) is 7.21. The zero-order valence-corrected chi connectivity index (χ0v) is 9.00. The summed E-state index contributed by atoms with van der Waals surface area (Å²) in [5.41, 5.74) is 0.375. The van der Waals surface area contributed by atoms with Crippen molar-refractivity contribution in [3.8, 4) is 0 Å². The summed E-state index contributed by atoms with van der Waals surface area (Å²) in [6, 6.07) is 0. The Hall–Kier alpha value is -1.53. The Balaban J connectivity index is 2.77. The van der Waals surface area contributed by atoms with Gasteiger partial charge in [-0.2, -0.15) is 18.3 Å². The van der Waals surface area contributed by atoms with Crippen LogP contribution in [0.15, 0.2) is 6.20 Å². The predicted octanol–water partition coefficient (Wildman–Crippen LogP) is 1.84. The number of ether oxygens (including phenoxy) is 1. The van der Waals surface area contributed by atoms with Gasteiger partial charge in [0.2, 0.25) is 0 Å². The molecule has 1 rings (SSSR count). The number of aromatic nitrogens is 2.